The van der Waals surface area contributed by atoms with Crippen molar-refractivity contribution in [2.75, 3.05) is 39.3 Å². The Morgan fingerprint density at radius 2 is 2.04 bits per heavy atom. The fourth-order valence-corrected chi connectivity index (χ4v) is 3.63. The fourth-order valence-electron chi connectivity index (χ4n) is 3.63. The van der Waals surface area contributed by atoms with Gasteiger partial charge in [-0.3, -0.25) is 19.2 Å². The van der Waals surface area contributed by atoms with Crippen LogP contribution in [0.15, 0.2) is 12.4 Å². The van der Waals surface area contributed by atoms with Gasteiger partial charge in [0.2, 0.25) is 11.8 Å². The van der Waals surface area contributed by atoms with Gasteiger partial charge in [-0.25, -0.2) is 0 Å². The van der Waals surface area contributed by atoms with E-state index in [-0.39, 0.29) is 11.8 Å². The van der Waals surface area contributed by atoms with Gasteiger partial charge in [0.1, 0.15) is 0 Å². The minimum absolute atomic E-state index is 0.181. The van der Waals surface area contributed by atoms with Crippen molar-refractivity contribution >= 4 is 11.8 Å². The van der Waals surface area contributed by atoms with E-state index < -0.39 is 0 Å². The van der Waals surface area contributed by atoms with E-state index in [1.807, 2.05) is 20.7 Å². The lowest BCUT2D eigenvalue weighted by Gasteiger charge is -2.23. The molecule has 3 heterocycles. The Hall–Kier alpha value is -1.89. The zero-order chi connectivity index (χ0) is 17.6. The molecule has 3 rings (SSSR count). The highest BCUT2D eigenvalue weighted by Gasteiger charge is 2.23. The van der Waals surface area contributed by atoms with E-state index in [4.69, 9.17) is 0 Å². The monoisotopic (exact) mass is 347 g/mol. The number of likely N-dealkylation sites (tertiary alicyclic amines) is 1. The molecule has 0 N–H and O–H groups in total. The number of hydrogen-bond donors (Lipinski definition) is 0. The van der Waals surface area contributed by atoms with E-state index >= 15 is 0 Å². The van der Waals surface area contributed by atoms with Crippen molar-refractivity contribution in [1.29, 1.82) is 0 Å². The highest BCUT2D eigenvalue weighted by molar-refractivity contribution is 5.80. The van der Waals surface area contributed by atoms with Crippen molar-refractivity contribution in [2.45, 2.75) is 45.7 Å². The van der Waals surface area contributed by atoms with E-state index in [1.54, 1.807) is 0 Å². The van der Waals surface area contributed by atoms with Crippen LogP contribution in [0.5, 0.6) is 0 Å². The van der Waals surface area contributed by atoms with Crippen LogP contribution in [0.25, 0.3) is 0 Å². The van der Waals surface area contributed by atoms with Crippen molar-refractivity contribution in [3.8, 4) is 0 Å². The number of aryl methyl sites for hydroxylation is 1. The SMILES string of the molecule is CCn1cc(CN2CCCN(C(=O)CCN3CCCC3=O)CC2)cn1. The highest BCUT2D eigenvalue weighted by atomic mass is 16.2. The van der Waals surface area contributed by atoms with Crippen molar-refractivity contribution in [2.24, 2.45) is 0 Å². The van der Waals surface area contributed by atoms with Crippen LogP contribution in [0.3, 0.4) is 0 Å². The van der Waals surface area contributed by atoms with E-state index in [2.05, 4.69) is 23.1 Å². The van der Waals surface area contributed by atoms with Crippen molar-refractivity contribution in [3.05, 3.63) is 18.0 Å². The van der Waals surface area contributed by atoms with Crippen LogP contribution < -0.4 is 0 Å². The summed E-state index contributed by atoms with van der Waals surface area (Å²) in [5.41, 5.74) is 1.23. The molecule has 2 aliphatic rings. The van der Waals surface area contributed by atoms with Gasteiger partial charge in [0.15, 0.2) is 0 Å². The second-order valence-corrected chi connectivity index (χ2v) is 6.95. The minimum atomic E-state index is 0.181. The van der Waals surface area contributed by atoms with Gasteiger partial charge in [-0.15, -0.1) is 0 Å². The maximum absolute atomic E-state index is 12.5. The van der Waals surface area contributed by atoms with Crippen LogP contribution >= 0.6 is 0 Å². The number of nitrogens with zero attached hydrogens (tertiary/aromatic N) is 5. The molecule has 0 aliphatic carbocycles. The van der Waals surface area contributed by atoms with Gasteiger partial charge in [0.25, 0.3) is 0 Å². The lowest BCUT2D eigenvalue weighted by atomic mass is 10.3. The third-order valence-electron chi connectivity index (χ3n) is 5.13. The lowest BCUT2D eigenvalue weighted by Crippen LogP contribution is -2.37. The lowest BCUT2D eigenvalue weighted by molar-refractivity contribution is -0.132. The molecular formula is C18H29N5O2. The molecule has 1 aromatic heterocycles. The van der Waals surface area contributed by atoms with Crippen molar-refractivity contribution in [3.63, 3.8) is 0 Å². The Balaban J connectivity index is 1.44. The summed E-state index contributed by atoms with van der Waals surface area (Å²) in [5, 5.41) is 4.33. The molecule has 0 aromatic carbocycles. The van der Waals surface area contributed by atoms with Gasteiger partial charge in [-0.05, 0) is 19.8 Å². The molecule has 25 heavy (non-hydrogen) atoms. The second kappa shape index (κ2) is 8.47. The van der Waals surface area contributed by atoms with Gasteiger partial charge in [0.05, 0.1) is 6.20 Å². The van der Waals surface area contributed by atoms with Gasteiger partial charge in [-0.2, -0.15) is 5.10 Å². The first kappa shape index (κ1) is 17.9. The first-order chi connectivity index (χ1) is 12.2. The third-order valence-corrected chi connectivity index (χ3v) is 5.13. The predicted molar refractivity (Wildman–Crippen MR) is 94.8 cm³/mol. The van der Waals surface area contributed by atoms with Gasteiger partial charge >= 0.3 is 0 Å². The number of amides is 2. The quantitative estimate of drug-likeness (QED) is 0.769. The molecule has 2 aliphatic heterocycles. The fraction of sp³-hybridized carbons (Fsp3) is 0.722. The molecule has 0 saturated carbocycles. The summed E-state index contributed by atoms with van der Waals surface area (Å²) in [6.07, 6.45) is 7.05. The molecule has 0 spiro atoms. The number of carbonyl (C=O) groups excluding carboxylic acids is 2. The summed E-state index contributed by atoms with van der Waals surface area (Å²) in [7, 11) is 0. The second-order valence-electron chi connectivity index (χ2n) is 6.95. The van der Waals surface area contributed by atoms with Gasteiger partial charge < -0.3 is 9.80 Å². The van der Waals surface area contributed by atoms with E-state index in [0.29, 0.717) is 19.4 Å². The van der Waals surface area contributed by atoms with Crippen LogP contribution in [-0.4, -0.2) is 75.6 Å². The molecule has 0 atom stereocenters. The zero-order valence-electron chi connectivity index (χ0n) is 15.2. The molecule has 138 valence electrons. The van der Waals surface area contributed by atoms with E-state index in [9.17, 15) is 9.59 Å². The standard InChI is InChI=1S/C18H29N5O2/c1-2-23-15-16(13-19-23)14-20-7-4-9-22(12-11-20)18(25)6-10-21-8-3-5-17(21)24/h13,15H,2-12,14H2,1H3. The Kier molecular flexibility index (Phi) is 6.07. The molecule has 1 aromatic rings. The van der Waals surface area contributed by atoms with Gasteiger partial charge in [-0.1, -0.05) is 0 Å². The average molecular weight is 347 g/mol. The summed E-state index contributed by atoms with van der Waals surface area (Å²) >= 11 is 0. The topological polar surface area (TPSA) is 61.7 Å². The molecule has 7 heteroatoms. The first-order valence-corrected chi connectivity index (χ1v) is 9.45. The number of carbonyl (C=O) groups is 2. The zero-order valence-corrected chi connectivity index (χ0v) is 15.2. The molecule has 7 nitrogen and oxygen atoms in total. The first-order valence-electron chi connectivity index (χ1n) is 9.45. The Bertz CT molecular complexity index is 600. The maximum atomic E-state index is 12.5. The molecule has 0 bridgehead atoms. The summed E-state index contributed by atoms with van der Waals surface area (Å²) in [4.78, 5) is 30.3. The molecule has 2 saturated heterocycles. The summed E-state index contributed by atoms with van der Waals surface area (Å²) in [6, 6.07) is 0. The van der Waals surface area contributed by atoms with Crippen LogP contribution in [-0.2, 0) is 22.7 Å². The smallest absolute Gasteiger partial charge is 0.224 e. The van der Waals surface area contributed by atoms with Crippen molar-refractivity contribution in [1.82, 2.24) is 24.5 Å². The molecule has 2 amide bonds. The van der Waals surface area contributed by atoms with E-state index in [0.717, 1.165) is 58.7 Å². The van der Waals surface area contributed by atoms with E-state index in [1.165, 1.54) is 5.56 Å². The molecular weight excluding hydrogens is 318 g/mol. The summed E-state index contributed by atoms with van der Waals surface area (Å²) in [6.45, 7) is 8.75. The third kappa shape index (κ3) is 4.81. The minimum Gasteiger partial charge on any atom is -0.342 e. The predicted octanol–water partition coefficient (Wildman–Crippen LogP) is 0.950. The Morgan fingerprint density at radius 3 is 2.76 bits per heavy atom. The average Bonchev–Trinajstić information content (AvgIpc) is 3.16. The Labute approximate surface area is 149 Å². The van der Waals surface area contributed by atoms with Crippen LogP contribution in [0, 0.1) is 0 Å². The normalized spacial score (nSPS) is 19.5. The number of rotatable bonds is 6. The maximum Gasteiger partial charge on any atom is 0.224 e. The van der Waals surface area contributed by atoms with Crippen LogP contribution in [0.1, 0.15) is 38.2 Å². The molecule has 0 radical (unpaired) electrons. The summed E-state index contributed by atoms with van der Waals surface area (Å²) in [5.74, 6) is 0.378. The van der Waals surface area contributed by atoms with Gasteiger partial charge in [0, 0.05) is 77.0 Å². The number of hydrogen-bond acceptors (Lipinski definition) is 4. The largest absolute Gasteiger partial charge is 0.342 e. The van der Waals surface area contributed by atoms with Crippen LogP contribution in [0.2, 0.25) is 0 Å². The van der Waals surface area contributed by atoms with Crippen molar-refractivity contribution < 1.29 is 9.59 Å². The summed E-state index contributed by atoms with van der Waals surface area (Å²) < 4.78 is 1.95. The highest BCUT2D eigenvalue weighted by Crippen LogP contribution is 2.12. The Morgan fingerprint density at radius 1 is 1.16 bits per heavy atom. The molecule has 2 fully saturated rings. The van der Waals surface area contributed by atoms with Crippen LogP contribution in [0.4, 0.5) is 0 Å². The molecule has 0 unspecified atom stereocenters. The number of aromatic nitrogens is 2.